The number of carbonyl (C=O) groups excluding carboxylic acids is 1. The number of methoxy groups -OCH3 is 2. The van der Waals surface area contributed by atoms with Crippen molar-refractivity contribution in [3.63, 3.8) is 0 Å². The maximum atomic E-state index is 13.0. The van der Waals surface area contributed by atoms with Crippen LogP contribution in [-0.2, 0) is 0 Å². The van der Waals surface area contributed by atoms with Crippen molar-refractivity contribution in [1.82, 2.24) is 10.4 Å². The van der Waals surface area contributed by atoms with Gasteiger partial charge in [-0.1, -0.05) is 48.5 Å². The van der Waals surface area contributed by atoms with Crippen LogP contribution in [0.15, 0.2) is 77.9 Å². The maximum Gasteiger partial charge on any atom is 0.272 e. The molecule has 0 atom stereocenters. The minimum Gasteiger partial charge on any atom is -0.502 e. The Balaban J connectivity index is 1.65. The molecule has 1 amide bonds. The molecule has 1 aromatic heterocycles. The molecule has 0 unspecified atom stereocenters. The fourth-order valence-corrected chi connectivity index (χ4v) is 3.33. The Kier molecular flexibility index (Phi) is 5.98. The van der Waals surface area contributed by atoms with Crippen molar-refractivity contribution < 1.29 is 19.4 Å². The van der Waals surface area contributed by atoms with Crippen molar-refractivity contribution >= 4 is 23.0 Å². The number of benzene rings is 3. The largest absolute Gasteiger partial charge is 0.502 e. The van der Waals surface area contributed by atoms with Crippen LogP contribution in [0.5, 0.6) is 17.2 Å². The highest BCUT2D eigenvalue weighted by atomic mass is 16.5. The molecule has 0 radical (unpaired) electrons. The summed E-state index contributed by atoms with van der Waals surface area (Å²) in [7, 11) is 2.88. The van der Waals surface area contributed by atoms with Gasteiger partial charge in [0, 0.05) is 16.5 Å². The first-order chi connectivity index (χ1) is 15.6. The number of phenols is 1. The normalized spacial score (nSPS) is 10.9. The van der Waals surface area contributed by atoms with Crippen LogP contribution in [0.25, 0.3) is 22.2 Å². The van der Waals surface area contributed by atoms with E-state index in [1.54, 1.807) is 18.2 Å². The Labute approximate surface area is 185 Å². The van der Waals surface area contributed by atoms with Crippen LogP contribution >= 0.6 is 0 Å². The number of aromatic hydroxyl groups is 1. The molecule has 1 heterocycles. The van der Waals surface area contributed by atoms with Gasteiger partial charge in [0.05, 0.1) is 37.2 Å². The minimum atomic E-state index is -0.366. The lowest BCUT2D eigenvalue weighted by atomic mass is 10.0. The van der Waals surface area contributed by atoms with Crippen LogP contribution < -0.4 is 14.9 Å². The SMILES string of the molecule is COc1cc(/C=N/NC(=O)c2cc(-c3ccccc3)nc3ccccc23)cc(OC)c1O. The lowest BCUT2D eigenvalue weighted by Crippen LogP contribution is -2.18. The number of para-hydroxylation sites is 1. The zero-order chi connectivity index (χ0) is 22.5. The molecular formula is C25H21N3O4. The second-order valence-electron chi connectivity index (χ2n) is 6.91. The van der Waals surface area contributed by atoms with Crippen molar-refractivity contribution in [1.29, 1.82) is 0 Å². The fourth-order valence-electron chi connectivity index (χ4n) is 3.33. The van der Waals surface area contributed by atoms with E-state index in [1.165, 1.54) is 20.4 Å². The predicted molar refractivity (Wildman–Crippen MR) is 123 cm³/mol. The zero-order valence-corrected chi connectivity index (χ0v) is 17.6. The van der Waals surface area contributed by atoms with Crippen molar-refractivity contribution in [2.45, 2.75) is 0 Å². The summed E-state index contributed by atoms with van der Waals surface area (Å²) >= 11 is 0. The summed E-state index contributed by atoms with van der Waals surface area (Å²) in [4.78, 5) is 17.7. The first-order valence-electron chi connectivity index (χ1n) is 9.84. The Morgan fingerprint density at radius 1 is 0.969 bits per heavy atom. The van der Waals surface area contributed by atoms with E-state index in [0.717, 1.165) is 16.5 Å². The number of fused-ring (bicyclic) bond motifs is 1. The predicted octanol–water partition coefficient (Wildman–Crippen LogP) is 4.39. The van der Waals surface area contributed by atoms with Gasteiger partial charge in [0.15, 0.2) is 11.5 Å². The fraction of sp³-hybridized carbons (Fsp3) is 0.0800. The third-order valence-electron chi connectivity index (χ3n) is 4.91. The number of ether oxygens (including phenoxy) is 2. The summed E-state index contributed by atoms with van der Waals surface area (Å²) in [5.74, 6) is 0.0112. The summed E-state index contributed by atoms with van der Waals surface area (Å²) in [6.07, 6.45) is 1.45. The number of amides is 1. The third-order valence-corrected chi connectivity index (χ3v) is 4.91. The van der Waals surface area contributed by atoms with E-state index < -0.39 is 0 Å². The molecule has 0 aliphatic heterocycles. The minimum absolute atomic E-state index is 0.104. The van der Waals surface area contributed by atoms with Crippen molar-refractivity contribution in [2.24, 2.45) is 5.10 Å². The smallest absolute Gasteiger partial charge is 0.272 e. The second-order valence-corrected chi connectivity index (χ2v) is 6.91. The number of phenolic OH excluding ortho intramolecular Hbond substituents is 1. The summed E-state index contributed by atoms with van der Waals surface area (Å²) in [6, 6.07) is 22.1. The topological polar surface area (TPSA) is 93.0 Å². The average molecular weight is 427 g/mol. The molecule has 0 aliphatic rings. The van der Waals surface area contributed by atoms with Gasteiger partial charge in [0.1, 0.15) is 0 Å². The Morgan fingerprint density at radius 2 is 1.62 bits per heavy atom. The van der Waals surface area contributed by atoms with E-state index in [2.05, 4.69) is 10.5 Å². The highest BCUT2D eigenvalue weighted by Gasteiger charge is 2.14. The highest BCUT2D eigenvalue weighted by molar-refractivity contribution is 6.07. The van der Waals surface area contributed by atoms with E-state index in [1.807, 2.05) is 54.6 Å². The number of aromatic nitrogens is 1. The first-order valence-corrected chi connectivity index (χ1v) is 9.84. The lowest BCUT2D eigenvalue weighted by Gasteiger charge is -2.10. The van der Waals surface area contributed by atoms with E-state index >= 15 is 0 Å². The van der Waals surface area contributed by atoms with Gasteiger partial charge in [-0.25, -0.2) is 10.4 Å². The van der Waals surface area contributed by atoms with E-state index in [0.29, 0.717) is 16.8 Å². The molecule has 0 bridgehead atoms. The molecule has 0 fully saturated rings. The number of hydrogen-bond donors (Lipinski definition) is 2. The molecule has 0 saturated heterocycles. The van der Waals surface area contributed by atoms with Crippen LogP contribution in [0, 0.1) is 0 Å². The molecule has 32 heavy (non-hydrogen) atoms. The van der Waals surface area contributed by atoms with Gasteiger partial charge in [0.25, 0.3) is 5.91 Å². The third kappa shape index (κ3) is 4.22. The van der Waals surface area contributed by atoms with Gasteiger partial charge < -0.3 is 14.6 Å². The van der Waals surface area contributed by atoms with E-state index in [9.17, 15) is 9.90 Å². The molecule has 160 valence electrons. The van der Waals surface area contributed by atoms with Crippen LogP contribution in [0.2, 0.25) is 0 Å². The number of hydrazone groups is 1. The molecule has 2 N–H and O–H groups in total. The number of carbonyl (C=O) groups is 1. The summed E-state index contributed by atoms with van der Waals surface area (Å²) in [6.45, 7) is 0. The highest BCUT2D eigenvalue weighted by Crippen LogP contribution is 2.36. The van der Waals surface area contributed by atoms with Crippen molar-refractivity contribution in [3.8, 4) is 28.5 Å². The van der Waals surface area contributed by atoms with Gasteiger partial charge in [-0.05, 0) is 24.3 Å². The molecule has 4 rings (SSSR count). The molecule has 3 aromatic carbocycles. The van der Waals surface area contributed by atoms with Gasteiger partial charge in [-0.3, -0.25) is 4.79 Å². The van der Waals surface area contributed by atoms with Crippen molar-refractivity contribution in [2.75, 3.05) is 14.2 Å². The first kappa shape index (κ1) is 20.9. The lowest BCUT2D eigenvalue weighted by molar-refractivity contribution is 0.0956. The van der Waals surface area contributed by atoms with Crippen molar-refractivity contribution in [3.05, 3.63) is 83.9 Å². The van der Waals surface area contributed by atoms with Crippen LogP contribution in [-0.4, -0.2) is 36.4 Å². The molecule has 0 spiro atoms. The summed E-state index contributed by atoms with van der Waals surface area (Å²) in [5.41, 5.74) is 5.95. The quantitative estimate of drug-likeness (QED) is 0.352. The second kappa shape index (κ2) is 9.18. The number of rotatable bonds is 6. The molecule has 7 heteroatoms. The molecular weight excluding hydrogens is 406 g/mol. The molecule has 7 nitrogen and oxygen atoms in total. The maximum absolute atomic E-state index is 13.0. The molecule has 4 aromatic rings. The van der Waals surface area contributed by atoms with Crippen LogP contribution in [0.3, 0.4) is 0 Å². The Morgan fingerprint density at radius 3 is 2.31 bits per heavy atom. The number of nitrogens with zero attached hydrogens (tertiary/aromatic N) is 2. The zero-order valence-electron chi connectivity index (χ0n) is 17.6. The monoisotopic (exact) mass is 427 g/mol. The number of nitrogens with one attached hydrogen (secondary N) is 1. The van der Waals surface area contributed by atoms with E-state index in [4.69, 9.17) is 14.5 Å². The Hall–Kier alpha value is -4.39. The van der Waals surface area contributed by atoms with E-state index in [-0.39, 0.29) is 23.2 Å². The van der Waals surface area contributed by atoms with Gasteiger partial charge in [0.2, 0.25) is 5.75 Å². The summed E-state index contributed by atoms with van der Waals surface area (Å²) < 4.78 is 10.3. The van der Waals surface area contributed by atoms with Crippen LogP contribution in [0.1, 0.15) is 15.9 Å². The Bertz CT molecular complexity index is 1280. The van der Waals surface area contributed by atoms with Crippen LogP contribution in [0.4, 0.5) is 0 Å². The number of hydrogen-bond acceptors (Lipinski definition) is 6. The van der Waals surface area contributed by atoms with Gasteiger partial charge in [-0.15, -0.1) is 0 Å². The molecule has 0 aliphatic carbocycles. The van der Waals surface area contributed by atoms with Gasteiger partial charge in [-0.2, -0.15) is 5.10 Å². The summed E-state index contributed by atoms with van der Waals surface area (Å²) in [5, 5.41) is 14.8. The number of pyridine rings is 1. The molecule has 0 saturated carbocycles. The standard InChI is InChI=1S/C25H21N3O4/c1-31-22-12-16(13-23(32-2)24(22)29)15-26-28-25(30)19-14-21(17-8-4-3-5-9-17)27-20-11-7-6-10-18(19)20/h3-15,29H,1-2H3,(H,28,30)/b26-15+. The van der Waals surface area contributed by atoms with Gasteiger partial charge >= 0.3 is 0 Å². The average Bonchev–Trinajstić information content (AvgIpc) is 2.84.